The van der Waals surface area contributed by atoms with Gasteiger partial charge in [-0.2, -0.15) is 0 Å². The van der Waals surface area contributed by atoms with E-state index in [1.54, 1.807) is 6.92 Å². The van der Waals surface area contributed by atoms with Crippen LogP contribution in [0.5, 0.6) is 0 Å². The molecule has 1 aliphatic carbocycles. The van der Waals surface area contributed by atoms with E-state index in [-0.39, 0.29) is 11.8 Å². The SMILES string of the molecule is CC(=O)[C@@H](N)CC[C@H](C)CC1CCCC1. The molecule has 0 spiro atoms. The van der Waals surface area contributed by atoms with Gasteiger partial charge in [-0.3, -0.25) is 4.79 Å². The fourth-order valence-electron chi connectivity index (χ4n) is 2.60. The summed E-state index contributed by atoms with van der Waals surface area (Å²) in [4.78, 5) is 11.0. The zero-order chi connectivity index (χ0) is 11.3. The number of carbonyl (C=O) groups excluding carboxylic acids is 1. The molecule has 0 saturated heterocycles. The number of nitrogens with two attached hydrogens (primary N) is 1. The van der Waals surface area contributed by atoms with E-state index in [0.29, 0.717) is 0 Å². The largest absolute Gasteiger partial charge is 0.322 e. The van der Waals surface area contributed by atoms with Crippen molar-refractivity contribution >= 4 is 5.78 Å². The highest BCUT2D eigenvalue weighted by Gasteiger charge is 2.18. The predicted octanol–water partition coefficient (Wildman–Crippen LogP) is 2.90. The highest BCUT2D eigenvalue weighted by molar-refractivity contribution is 5.80. The third kappa shape index (κ3) is 4.78. The van der Waals surface area contributed by atoms with Crippen molar-refractivity contribution in [3.63, 3.8) is 0 Å². The zero-order valence-electron chi connectivity index (χ0n) is 10.2. The van der Waals surface area contributed by atoms with E-state index in [1.807, 2.05) is 0 Å². The third-order valence-electron chi connectivity index (χ3n) is 3.70. The molecule has 1 rings (SSSR count). The van der Waals surface area contributed by atoms with Gasteiger partial charge in [-0.1, -0.05) is 32.6 Å². The van der Waals surface area contributed by atoms with E-state index in [9.17, 15) is 4.79 Å². The quantitative estimate of drug-likeness (QED) is 0.734. The van der Waals surface area contributed by atoms with E-state index < -0.39 is 0 Å². The monoisotopic (exact) mass is 211 g/mol. The van der Waals surface area contributed by atoms with Gasteiger partial charge < -0.3 is 5.73 Å². The van der Waals surface area contributed by atoms with E-state index in [2.05, 4.69) is 6.92 Å². The van der Waals surface area contributed by atoms with Crippen LogP contribution in [0.1, 0.15) is 58.8 Å². The minimum absolute atomic E-state index is 0.128. The highest BCUT2D eigenvalue weighted by atomic mass is 16.1. The second-order valence-electron chi connectivity index (χ2n) is 5.29. The molecule has 0 unspecified atom stereocenters. The molecule has 15 heavy (non-hydrogen) atoms. The molecule has 1 aliphatic rings. The molecule has 1 saturated carbocycles. The van der Waals surface area contributed by atoms with Crippen LogP contribution in [-0.2, 0) is 4.79 Å². The number of hydrogen-bond acceptors (Lipinski definition) is 2. The number of hydrogen-bond donors (Lipinski definition) is 1. The van der Waals surface area contributed by atoms with Gasteiger partial charge >= 0.3 is 0 Å². The Morgan fingerprint density at radius 3 is 2.47 bits per heavy atom. The molecule has 2 atom stereocenters. The Labute approximate surface area is 93.6 Å². The van der Waals surface area contributed by atoms with Crippen molar-refractivity contribution < 1.29 is 4.79 Å². The van der Waals surface area contributed by atoms with Crippen LogP contribution in [0.4, 0.5) is 0 Å². The lowest BCUT2D eigenvalue weighted by molar-refractivity contribution is -0.118. The summed E-state index contributed by atoms with van der Waals surface area (Å²) in [5, 5.41) is 0. The molecule has 0 amide bonds. The maximum absolute atomic E-state index is 11.0. The summed E-state index contributed by atoms with van der Waals surface area (Å²) >= 11 is 0. The predicted molar refractivity (Wildman–Crippen MR) is 63.6 cm³/mol. The van der Waals surface area contributed by atoms with Crippen molar-refractivity contribution in [1.29, 1.82) is 0 Å². The maximum atomic E-state index is 11.0. The summed E-state index contributed by atoms with van der Waals surface area (Å²) in [7, 11) is 0. The van der Waals surface area contributed by atoms with Crippen molar-refractivity contribution in [1.82, 2.24) is 0 Å². The van der Waals surface area contributed by atoms with E-state index >= 15 is 0 Å². The van der Waals surface area contributed by atoms with Crippen LogP contribution in [0.25, 0.3) is 0 Å². The van der Waals surface area contributed by atoms with Crippen LogP contribution in [-0.4, -0.2) is 11.8 Å². The first-order valence-electron chi connectivity index (χ1n) is 6.35. The molecule has 2 heteroatoms. The second-order valence-corrected chi connectivity index (χ2v) is 5.29. The Kier molecular flexibility index (Phi) is 5.30. The van der Waals surface area contributed by atoms with Crippen LogP contribution in [0.3, 0.4) is 0 Å². The topological polar surface area (TPSA) is 43.1 Å². The smallest absolute Gasteiger partial charge is 0.146 e. The number of rotatable bonds is 6. The standard InChI is InChI=1S/C13H25NO/c1-10(7-8-13(14)11(2)15)9-12-5-3-4-6-12/h10,12-13H,3-9,14H2,1-2H3/t10-,13-/m0/s1. The Morgan fingerprint density at radius 2 is 1.93 bits per heavy atom. The lowest BCUT2D eigenvalue weighted by Gasteiger charge is -2.17. The molecule has 0 aromatic carbocycles. The van der Waals surface area contributed by atoms with Crippen LogP contribution in [0.2, 0.25) is 0 Å². The second kappa shape index (κ2) is 6.26. The van der Waals surface area contributed by atoms with Gasteiger partial charge in [-0.05, 0) is 38.0 Å². The van der Waals surface area contributed by atoms with Gasteiger partial charge in [0.05, 0.1) is 6.04 Å². The number of ketones is 1. The van der Waals surface area contributed by atoms with Gasteiger partial charge in [0, 0.05) is 0 Å². The van der Waals surface area contributed by atoms with Crippen LogP contribution in [0, 0.1) is 11.8 Å². The lowest BCUT2D eigenvalue weighted by atomic mass is 9.90. The molecule has 0 aromatic rings. The molecule has 0 bridgehead atoms. The van der Waals surface area contributed by atoms with Gasteiger partial charge in [0.25, 0.3) is 0 Å². The molecule has 0 heterocycles. The van der Waals surface area contributed by atoms with E-state index in [1.165, 1.54) is 32.1 Å². The molecule has 0 aliphatic heterocycles. The summed E-state index contributed by atoms with van der Waals surface area (Å²) in [5.41, 5.74) is 5.72. The van der Waals surface area contributed by atoms with Crippen molar-refractivity contribution in [2.45, 2.75) is 64.8 Å². The molecule has 88 valence electrons. The highest BCUT2D eigenvalue weighted by Crippen LogP contribution is 2.31. The fraction of sp³-hybridized carbons (Fsp3) is 0.923. The Balaban J connectivity index is 2.12. The Bertz CT molecular complexity index is 197. The van der Waals surface area contributed by atoms with Gasteiger partial charge in [0.1, 0.15) is 5.78 Å². The van der Waals surface area contributed by atoms with Crippen LogP contribution in [0.15, 0.2) is 0 Å². The first-order chi connectivity index (χ1) is 7.09. The first kappa shape index (κ1) is 12.7. The minimum Gasteiger partial charge on any atom is -0.322 e. The van der Waals surface area contributed by atoms with Crippen molar-refractivity contribution in [2.75, 3.05) is 0 Å². The number of Topliss-reactive ketones (excluding diaryl/α,β-unsaturated/α-hetero) is 1. The summed E-state index contributed by atoms with van der Waals surface area (Å²) in [6.07, 6.45) is 8.99. The normalized spacial score (nSPS) is 21.5. The summed E-state index contributed by atoms with van der Waals surface area (Å²) < 4.78 is 0. The van der Waals surface area contributed by atoms with Crippen molar-refractivity contribution in [3.8, 4) is 0 Å². The minimum atomic E-state index is -0.226. The fourth-order valence-corrected chi connectivity index (χ4v) is 2.60. The van der Waals surface area contributed by atoms with Gasteiger partial charge in [-0.15, -0.1) is 0 Å². The molecule has 2 nitrogen and oxygen atoms in total. The molecule has 1 fully saturated rings. The van der Waals surface area contributed by atoms with Crippen LogP contribution < -0.4 is 5.73 Å². The summed E-state index contributed by atoms with van der Waals surface area (Å²) in [5.74, 6) is 1.81. The Hall–Kier alpha value is -0.370. The van der Waals surface area contributed by atoms with Gasteiger partial charge in [-0.25, -0.2) is 0 Å². The van der Waals surface area contributed by atoms with E-state index in [4.69, 9.17) is 5.73 Å². The maximum Gasteiger partial charge on any atom is 0.146 e. The third-order valence-corrected chi connectivity index (χ3v) is 3.70. The van der Waals surface area contributed by atoms with Crippen molar-refractivity contribution in [2.24, 2.45) is 17.6 Å². The Morgan fingerprint density at radius 1 is 1.33 bits per heavy atom. The molecule has 2 N–H and O–H groups in total. The van der Waals surface area contributed by atoms with Crippen molar-refractivity contribution in [3.05, 3.63) is 0 Å². The zero-order valence-corrected chi connectivity index (χ0v) is 10.2. The number of carbonyl (C=O) groups is 1. The van der Waals surface area contributed by atoms with E-state index in [0.717, 1.165) is 24.7 Å². The summed E-state index contributed by atoms with van der Waals surface area (Å²) in [6, 6.07) is -0.226. The van der Waals surface area contributed by atoms with Gasteiger partial charge in [0.15, 0.2) is 0 Å². The average Bonchev–Trinajstić information content (AvgIpc) is 2.66. The van der Waals surface area contributed by atoms with Gasteiger partial charge in [0.2, 0.25) is 0 Å². The van der Waals surface area contributed by atoms with Crippen LogP contribution >= 0.6 is 0 Å². The average molecular weight is 211 g/mol. The first-order valence-corrected chi connectivity index (χ1v) is 6.35. The lowest BCUT2D eigenvalue weighted by Crippen LogP contribution is -2.28. The molecular weight excluding hydrogens is 186 g/mol. The summed E-state index contributed by atoms with van der Waals surface area (Å²) in [6.45, 7) is 3.89. The molecular formula is C13H25NO. The molecule has 0 aromatic heterocycles. The molecule has 0 radical (unpaired) electrons.